The number of hydrogen-bond donors (Lipinski definition) is 2. The minimum atomic E-state index is -0.662. The molecule has 5 nitrogen and oxygen atoms in total. The number of ether oxygens (including phenoxy) is 1. The van der Waals surface area contributed by atoms with E-state index in [1.807, 2.05) is 0 Å². The maximum Gasteiger partial charge on any atom is 0.334 e. The van der Waals surface area contributed by atoms with Crippen LogP contribution in [0, 0.1) is 5.92 Å². The number of anilines is 1. The number of halogens is 1. The van der Waals surface area contributed by atoms with Gasteiger partial charge in [0.2, 0.25) is 5.91 Å². The highest BCUT2D eigenvalue weighted by atomic mass is 35.5. The lowest BCUT2D eigenvalue weighted by molar-refractivity contribution is -0.139. The van der Waals surface area contributed by atoms with Gasteiger partial charge in [0.1, 0.15) is 12.0 Å². The molecule has 142 valence electrons. The molecule has 2 N–H and O–H groups in total. The number of rotatable bonds is 10. The van der Waals surface area contributed by atoms with Crippen LogP contribution in [0.25, 0.3) is 0 Å². The van der Waals surface area contributed by atoms with Crippen LogP contribution < -0.4 is 10.9 Å². The molecule has 0 aromatic heterocycles. The Morgan fingerprint density at radius 2 is 1.96 bits per heavy atom. The van der Waals surface area contributed by atoms with Crippen molar-refractivity contribution in [2.75, 3.05) is 5.43 Å². The van der Waals surface area contributed by atoms with Gasteiger partial charge >= 0.3 is 5.97 Å². The van der Waals surface area contributed by atoms with E-state index in [4.69, 9.17) is 16.3 Å². The second-order valence-corrected chi connectivity index (χ2v) is 7.06. The summed E-state index contributed by atoms with van der Waals surface area (Å²) in [5.41, 5.74) is 6.32. The van der Waals surface area contributed by atoms with E-state index in [1.165, 1.54) is 25.7 Å². The fraction of sp³-hybridized carbons (Fsp3) is 0.500. The largest absolute Gasteiger partial charge is 0.458 e. The van der Waals surface area contributed by atoms with Crippen molar-refractivity contribution in [3.8, 4) is 0 Å². The molecule has 1 fully saturated rings. The molecule has 1 aromatic carbocycles. The summed E-state index contributed by atoms with van der Waals surface area (Å²) in [5.74, 6) is -1.47. The lowest BCUT2D eigenvalue weighted by atomic mass is 9.92. The molecule has 6 heteroatoms. The Hall–Kier alpha value is -2.01. The van der Waals surface area contributed by atoms with Crippen LogP contribution in [0.15, 0.2) is 36.4 Å². The lowest BCUT2D eigenvalue weighted by Gasteiger charge is -2.18. The predicted octanol–water partition coefficient (Wildman–Crippen LogP) is 4.63. The van der Waals surface area contributed by atoms with Gasteiger partial charge in [0, 0.05) is 10.6 Å². The molecule has 1 aliphatic heterocycles. The Bertz CT molecular complexity index is 648. The quantitative estimate of drug-likeness (QED) is 0.269. The van der Waals surface area contributed by atoms with Gasteiger partial charge in [-0.25, -0.2) is 4.79 Å². The average Bonchev–Trinajstić information content (AvgIpc) is 2.90. The van der Waals surface area contributed by atoms with Crippen molar-refractivity contribution in [3.63, 3.8) is 0 Å². The summed E-state index contributed by atoms with van der Waals surface area (Å²) in [7, 11) is 0. The van der Waals surface area contributed by atoms with Crippen LogP contribution in [0.4, 0.5) is 5.69 Å². The van der Waals surface area contributed by atoms with Crippen LogP contribution >= 0.6 is 11.6 Å². The molecule has 0 unspecified atom stereocenters. The van der Waals surface area contributed by atoms with Gasteiger partial charge < -0.3 is 4.74 Å². The highest BCUT2D eigenvalue weighted by Gasteiger charge is 2.42. The van der Waals surface area contributed by atoms with E-state index in [2.05, 4.69) is 24.4 Å². The van der Waals surface area contributed by atoms with E-state index >= 15 is 0 Å². The van der Waals surface area contributed by atoms with E-state index in [0.717, 1.165) is 12.8 Å². The van der Waals surface area contributed by atoms with E-state index in [0.29, 0.717) is 17.1 Å². The van der Waals surface area contributed by atoms with Crippen LogP contribution in [0.5, 0.6) is 0 Å². The summed E-state index contributed by atoms with van der Waals surface area (Å²) >= 11 is 5.92. The molecular weight excluding hydrogens is 352 g/mol. The first-order valence-electron chi connectivity index (χ1n) is 9.24. The molecule has 1 heterocycles. The molecule has 2 rings (SSSR count). The van der Waals surface area contributed by atoms with Gasteiger partial charge in [0.25, 0.3) is 0 Å². The fourth-order valence-electron chi connectivity index (χ4n) is 3.09. The van der Waals surface area contributed by atoms with E-state index in [-0.39, 0.29) is 11.5 Å². The highest BCUT2D eigenvalue weighted by molar-refractivity contribution is 6.30. The van der Waals surface area contributed by atoms with Crippen molar-refractivity contribution in [1.82, 2.24) is 5.43 Å². The average molecular weight is 379 g/mol. The van der Waals surface area contributed by atoms with Crippen molar-refractivity contribution < 1.29 is 14.3 Å². The third kappa shape index (κ3) is 5.77. The van der Waals surface area contributed by atoms with Crippen LogP contribution in [-0.2, 0) is 14.3 Å². The van der Waals surface area contributed by atoms with Gasteiger partial charge in [-0.2, -0.15) is 0 Å². The third-order valence-electron chi connectivity index (χ3n) is 4.55. The first-order valence-corrected chi connectivity index (χ1v) is 9.62. The number of carbonyl (C=O) groups is 2. The number of hydrogen-bond acceptors (Lipinski definition) is 4. The zero-order chi connectivity index (χ0) is 18.9. The summed E-state index contributed by atoms with van der Waals surface area (Å²) in [6.45, 7) is 5.93. The van der Waals surface area contributed by atoms with Gasteiger partial charge in [-0.15, -0.1) is 0 Å². The van der Waals surface area contributed by atoms with E-state index in [9.17, 15) is 9.59 Å². The van der Waals surface area contributed by atoms with Crippen molar-refractivity contribution in [3.05, 3.63) is 41.4 Å². The Morgan fingerprint density at radius 1 is 1.23 bits per heavy atom. The van der Waals surface area contributed by atoms with E-state index < -0.39 is 18.0 Å². The SMILES string of the molecule is C=C1C(=O)O[C@@H](CCCCCCCC)[C@@H]1C(=O)NNc1cccc(Cl)c1. The van der Waals surface area contributed by atoms with Gasteiger partial charge in [0.05, 0.1) is 5.69 Å². The molecule has 0 aliphatic carbocycles. The maximum absolute atomic E-state index is 12.5. The summed E-state index contributed by atoms with van der Waals surface area (Å²) in [6.07, 6.45) is 7.09. The molecule has 1 saturated heterocycles. The van der Waals surface area contributed by atoms with Crippen LogP contribution in [0.3, 0.4) is 0 Å². The first-order chi connectivity index (χ1) is 12.5. The Labute approximate surface area is 160 Å². The van der Waals surface area contributed by atoms with Crippen molar-refractivity contribution >= 4 is 29.2 Å². The second-order valence-electron chi connectivity index (χ2n) is 6.63. The standard InChI is InChI=1S/C20H27ClN2O3/c1-3-4-5-6-7-8-12-17-18(14(2)20(25)26-17)19(24)23-22-16-11-9-10-15(21)13-16/h9-11,13,17-18,22H,2-8,12H2,1H3,(H,23,24)/t17-,18+/m0/s1. The Balaban J connectivity index is 1.85. The van der Waals surface area contributed by atoms with E-state index in [1.54, 1.807) is 24.3 Å². The van der Waals surface area contributed by atoms with Gasteiger partial charge in [0.15, 0.2) is 0 Å². The van der Waals surface area contributed by atoms with Crippen molar-refractivity contribution in [1.29, 1.82) is 0 Å². The number of cyclic esters (lactones) is 1. The number of amides is 1. The Kier molecular flexibility index (Phi) is 7.98. The van der Waals surface area contributed by atoms with Crippen molar-refractivity contribution in [2.45, 2.75) is 58.0 Å². The summed E-state index contributed by atoms with van der Waals surface area (Å²) in [5, 5.41) is 0.564. The molecular formula is C20H27ClN2O3. The second kappa shape index (κ2) is 10.2. The molecule has 0 bridgehead atoms. The van der Waals surface area contributed by atoms with Crippen LogP contribution in [0.1, 0.15) is 51.9 Å². The van der Waals surface area contributed by atoms with Crippen LogP contribution in [-0.4, -0.2) is 18.0 Å². The summed E-state index contributed by atoms with van der Waals surface area (Å²) in [4.78, 5) is 24.4. The molecule has 1 amide bonds. The minimum Gasteiger partial charge on any atom is -0.458 e. The first kappa shape index (κ1) is 20.3. The monoisotopic (exact) mass is 378 g/mol. The number of unbranched alkanes of at least 4 members (excludes halogenated alkanes) is 5. The number of esters is 1. The molecule has 2 atom stereocenters. The van der Waals surface area contributed by atoms with Crippen molar-refractivity contribution in [2.24, 2.45) is 5.92 Å². The number of benzene rings is 1. The zero-order valence-electron chi connectivity index (χ0n) is 15.2. The maximum atomic E-state index is 12.5. The molecule has 0 saturated carbocycles. The minimum absolute atomic E-state index is 0.214. The van der Waals surface area contributed by atoms with Gasteiger partial charge in [-0.05, 0) is 31.0 Å². The third-order valence-corrected chi connectivity index (χ3v) is 4.78. The number of carbonyl (C=O) groups excluding carboxylic acids is 2. The van der Waals surface area contributed by atoms with Gasteiger partial charge in [-0.1, -0.05) is 63.3 Å². The topological polar surface area (TPSA) is 67.4 Å². The normalized spacial score (nSPS) is 19.3. The molecule has 0 radical (unpaired) electrons. The van der Waals surface area contributed by atoms with Crippen LogP contribution in [0.2, 0.25) is 5.02 Å². The summed E-state index contributed by atoms with van der Waals surface area (Å²) < 4.78 is 5.36. The Morgan fingerprint density at radius 3 is 2.69 bits per heavy atom. The lowest BCUT2D eigenvalue weighted by Crippen LogP contribution is -2.39. The molecule has 26 heavy (non-hydrogen) atoms. The number of nitrogens with one attached hydrogen (secondary N) is 2. The predicted molar refractivity (Wildman–Crippen MR) is 104 cm³/mol. The molecule has 1 aliphatic rings. The summed E-state index contributed by atoms with van der Waals surface area (Å²) in [6, 6.07) is 7.00. The zero-order valence-corrected chi connectivity index (χ0v) is 16.0. The number of hydrazine groups is 1. The molecule has 0 spiro atoms. The smallest absolute Gasteiger partial charge is 0.334 e. The fourth-order valence-corrected chi connectivity index (χ4v) is 3.28. The van der Waals surface area contributed by atoms with Gasteiger partial charge in [-0.3, -0.25) is 15.6 Å². The highest BCUT2D eigenvalue weighted by Crippen LogP contribution is 2.30. The molecule has 1 aromatic rings.